The van der Waals surface area contributed by atoms with Gasteiger partial charge < -0.3 is 10.4 Å². The van der Waals surface area contributed by atoms with Crippen LogP contribution in [0.1, 0.15) is 37.9 Å². The highest BCUT2D eigenvalue weighted by molar-refractivity contribution is 5.91. The lowest BCUT2D eigenvalue weighted by Gasteiger charge is -2.15. The molecule has 0 bridgehead atoms. The van der Waals surface area contributed by atoms with E-state index in [0.29, 0.717) is 0 Å². The van der Waals surface area contributed by atoms with Gasteiger partial charge in [0.05, 0.1) is 17.9 Å². The van der Waals surface area contributed by atoms with E-state index in [9.17, 15) is 9.59 Å². The average Bonchev–Trinajstić information content (AvgIpc) is 2.92. The van der Waals surface area contributed by atoms with Crippen molar-refractivity contribution in [3.8, 4) is 0 Å². The van der Waals surface area contributed by atoms with Gasteiger partial charge in [-0.1, -0.05) is 43.7 Å². The first-order valence-corrected chi connectivity index (χ1v) is 6.85. The highest BCUT2D eigenvalue weighted by Gasteiger charge is 2.65. The predicted molar refractivity (Wildman–Crippen MR) is 76.1 cm³/mol. The van der Waals surface area contributed by atoms with E-state index in [0.717, 1.165) is 11.1 Å². The number of hydrogen-bond acceptors (Lipinski definition) is 2. The molecule has 0 saturated heterocycles. The highest BCUT2D eigenvalue weighted by atomic mass is 16.4. The van der Waals surface area contributed by atoms with Crippen LogP contribution in [0, 0.1) is 24.2 Å². The molecule has 3 atom stereocenters. The van der Waals surface area contributed by atoms with E-state index in [-0.39, 0.29) is 11.9 Å². The van der Waals surface area contributed by atoms with Crippen LogP contribution in [-0.2, 0) is 9.59 Å². The van der Waals surface area contributed by atoms with Crippen LogP contribution in [0.3, 0.4) is 0 Å². The first kappa shape index (κ1) is 14.6. The molecule has 20 heavy (non-hydrogen) atoms. The third-order valence-corrected chi connectivity index (χ3v) is 4.28. The molecule has 1 amide bonds. The maximum Gasteiger partial charge on any atom is 0.307 e. The number of nitrogens with one attached hydrogen (secondary N) is 1. The fourth-order valence-corrected chi connectivity index (χ4v) is 2.91. The van der Waals surface area contributed by atoms with Gasteiger partial charge >= 0.3 is 5.97 Å². The second-order valence-corrected chi connectivity index (χ2v) is 6.26. The second kappa shape index (κ2) is 4.93. The van der Waals surface area contributed by atoms with Gasteiger partial charge in [0.1, 0.15) is 0 Å². The van der Waals surface area contributed by atoms with Gasteiger partial charge in [0.15, 0.2) is 0 Å². The number of aryl methyl sites for hydroxylation is 1. The molecule has 4 nitrogen and oxygen atoms in total. The van der Waals surface area contributed by atoms with Crippen LogP contribution in [0.25, 0.3) is 0 Å². The third kappa shape index (κ3) is 2.55. The molecule has 1 fully saturated rings. The van der Waals surface area contributed by atoms with Gasteiger partial charge in [0, 0.05) is 0 Å². The summed E-state index contributed by atoms with van der Waals surface area (Å²) in [6.07, 6.45) is 0. The lowest BCUT2D eigenvalue weighted by atomic mass is 10.0. The summed E-state index contributed by atoms with van der Waals surface area (Å²) in [4.78, 5) is 23.3. The normalized spacial score (nSPS) is 24.8. The number of rotatable bonds is 4. The molecule has 1 saturated carbocycles. The number of carbonyl (C=O) groups excluding carboxylic acids is 1. The van der Waals surface area contributed by atoms with E-state index in [4.69, 9.17) is 5.11 Å². The summed E-state index contributed by atoms with van der Waals surface area (Å²) >= 11 is 0. The van der Waals surface area contributed by atoms with Gasteiger partial charge in [0.2, 0.25) is 5.91 Å². The maximum atomic E-state index is 12.2. The van der Waals surface area contributed by atoms with Gasteiger partial charge in [-0.2, -0.15) is 0 Å². The first-order valence-electron chi connectivity index (χ1n) is 6.85. The Morgan fingerprint density at radius 3 is 2.45 bits per heavy atom. The van der Waals surface area contributed by atoms with E-state index in [2.05, 4.69) is 5.32 Å². The van der Waals surface area contributed by atoms with E-state index >= 15 is 0 Å². The fraction of sp³-hybridized carbons (Fsp3) is 0.500. The predicted octanol–water partition coefficient (Wildman–Crippen LogP) is 2.53. The number of carbonyl (C=O) groups is 2. The molecule has 0 radical (unpaired) electrons. The number of benzene rings is 1. The fourth-order valence-electron chi connectivity index (χ4n) is 2.91. The minimum Gasteiger partial charge on any atom is -0.481 e. The summed E-state index contributed by atoms with van der Waals surface area (Å²) in [6, 6.07) is 7.83. The molecule has 1 aromatic carbocycles. The third-order valence-electron chi connectivity index (χ3n) is 4.28. The van der Waals surface area contributed by atoms with Crippen LogP contribution in [0.2, 0.25) is 0 Å². The Morgan fingerprint density at radius 1 is 1.30 bits per heavy atom. The van der Waals surface area contributed by atoms with Crippen molar-refractivity contribution in [2.45, 2.75) is 33.7 Å². The molecule has 4 heteroatoms. The van der Waals surface area contributed by atoms with Crippen LogP contribution in [0.5, 0.6) is 0 Å². The molecule has 2 rings (SSSR count). The Labute approximate surface area is 119 Å². The number of carboxylic acids is 1. The van der Waals surface area contributed by atoms with Gasteiger partial charge in [-0.25, -0.2) is 0 Å². The monoisotopic (exact) mass is 275 g/mol. The van der Waals surface area contributed by atoms with Crippen LogP contribution >= 0.6 is 0 Å². The Hall–Kier alpha value is -1.84. The van der Waals surface area contributed by atoms with Crippen molar-refractivity contribution in [1.29, 1.82) is 0 Å². The number of amides is 1. The largest absolute Gasteiger partial charge is 0.481 e. The molecule has 1 aliphatic carbocycles. The number of carboxylic acid groups (broad SMARTS) is 1. The van der Waals surface area contributed by atoms with Crippen molar-refractivity contribution >= 4 is 11.9 Å². The summed E-state index contributed by atoms with van der Waals surface area (Å²) in [5.41, 5.74) is 1.71. The maximum absolute atomic E-state index is 12.2. The Balaban J connectivity index is 2.04. The summed E-state index contributed by atoms with van der Waals surface area (Å²) in [5, 5.41) is 12.0. The summed E-state index contributed by atoms with van der Waals surface area (Å²) in [7, 11) is 0. The molecule has 0 spiro atoms. The molecular formula is C16H21NO3. The molecule has 0 aromatic heterocycles. The Kier molecular flexibility index (Phi) is 3.59. The van der Waals surface area contributed by atoms with E-state index in [1.54, 1.807) is 0 Å². The van der Waals surface area contributed by atoms with Crippen molar-refractivity contribution in [2.24, 2.45) is 17.3 Å². The SMILES string of the molecule is Cc1cccc([C@H](C)NC(=O)C2C(C(=O)O)C2(C)C)c1. The lowest BCUT2D eigenvalue weighted by Crippen LogP contribution is -2.30. The molecule has 0 aliphatic heterocycles. The lowest BCUT2D eigenvalue weighted by molar-refractivity contribution is -0.140. The molecule has 1 aliphatic rings. The van der Waals surface area contributed by atoms with E-state index in [1.165, 1.54) is 0 Å². The van der Waals surface area contributed by atoms with E-state index in [1.807, 2.05) is 52.0 Å². The van der Waals surface area contributed by atoms with Gasteiger partial charge in [-0.05, 0) is 24.8 Å². The minimum absolute atomic E-state index is 0.117. The van der Waals surface area contributed by atoms with Crippen LogP contribution < -0.4 is 5.32 Å². The summed E-state index contributed by atoms with van der Waals surface area (Å²) < 4.78 is 0. The Morgan fingerprint density at radius 2 is 1.95 bits per heavy atom. The zero-order valence-electron chi connectivity index (χ0n) is 12.3. The van der Waals surface area contributed by atoms with Crippen LogP contribution in [0.15, 0.2) is 24.3 Å². The van der Waals surface area contributed by atoms with Crippen molar-refractivity contribution in [3.05, 3.63) is 35.4 Å². The minimum atomic E-state index is -0.890. The average molecular weight is 275 g/mol. The van der Waals surface area contributed by atoms with Gasteiger partial charge in [-0.3, -0.25) is 9.59 Å². The van der Waals surface area contributed by atoms with Crippen molar-refractivity contribution in [2.75, 3.05) is 0 Å². The molecular weight excluding hydrogens is 254 g/mol. The molecule has 108 valence electrons. The highest BCUT2D eigenvalue weighted by Crippen LogP contribution is 2.58. The molecule has 0 heterocycles. The van der Waals surface area contributed by atoms with Crippen LogP contribution in [-0.4, -0.2) is 17.0 Å². The topological polar surface area (TPSA) is 66.4 Å². The first-order chi connectivity index (χ1) is 9.25. The molecule has 1 aromatic rings. The van der Waals surface area contributed by atoms with Crippen LogP contribution in [0.4, 0.5) is 0 Å². The smallest absolute Gasteiger partial charge is 0.307 e. The van der Waals surface area contributed by atoms with E-state index < -0.39 is 23.2 Å². The quantitative estimate of drug-likeness (QED) is 0.887. The summed E-state index contributed by atoms with van der Waals surface area (Å²) in [6.45, 7) is 7.57. The van der Waals surface area contributed by atoms with Crippen molar-refractivity contribution < 1.29 is 14.7 Å². The van der Waals surface area contributed by atoms with Crippen molar-refractivity contribution in [1.82, 2.24) is 5.32 Å². The Bertz CT molecular complexity index is 550. The van der Waals surface area contributed by atoms with Gasteiger partial charge in [0.25, 0.3) is 0 Å². The standard InChI is InChI=1S/C16H21NO3/c1-9-6-5-7-11(8-9)10(2)17-14(18)12-13(15(19)20)16(12,3)4/h5-8,10,12-13H,1-4H3,(H,17,18)(H,19,20)/t10-,12?,13?/m0/s1. The number of hydrogen-bond donors (Lipinski definition) is 2. The number of aliphatic carboxylic acids is 1. The zero-order valence-corrected chi connectivity index (χ0v) is 12.3. The molecule has 2 unspecified atom stereocenters. The molecule has 2 N–H and O–H groups in total. The second-order valence-electron chi connectivity index (χ2n) is 6.26. The van der Waals surface area contributed by atoms with Gasteiger partial charge in [-0.15, -0.1) is 0 Å². The van der Waals surface area contributed by atoms with Crippen molar-refractivity contribution in [3.63, 3.8) is 0 Å². The zero-order chi connectivity index (χ0) is 15.1. The summed E-state index contributed by atoms with van der Waals surface area (Å²) in [5.74, 6) is -2.07.